The third kappa shape index (κ3) is 4.79. The normalized spacial score (nSPS) is 16.9. The molecule has 134 valence electrons. The molecule has 1 saturated carbocycles. The molecule has 1 aromatic carbocycles. The van der Waals surface area contributed by atoms with Crippen LogP contribution in [0.5, 0.6) is 11.5 Å². The van der Waals surface area contributed by atoms with Gasteiger partial charge in [-0.05, 0) is 48.8 Å². The molecule has 2 rings (SSSR count). The SMILES string of the molecule is CCC1(CN=C(N)NCCc2ccc(OC)c(OC)c2)CCCC1. The van der Waals surface area contributed by atoms with E-state index in [-0.39, 0.29) is 0 Å². The van der Waals surface area contributed by atoms with Crippen molar-refractivity contribution >= 4 is 5.96 Å². The molecule has 1 aliphatic carbocycles. The summed E-state index contributed by atoms with van der Waals surface area (Å²) >= 11 is 0. The number of hydrogen-bond acceptors (Lipinski definition) is 3. The van der Waals surface area contributed by atoms with E-state index in [0.29, 0.717) is 11.4 Å². The van der Waals surface area contributed by atoms with Crippen molar-refractivity contribution in [1.82, 2.24) is 5.32 Å². The zero-order valence-corrected chi connectivity index (χ0v) is 15.2. The summed E-state index contributed by atoms with van der Waals surface area (Å²) in [5.41, 5.74) is 7.58. The standard InChI is InChI=1S/C19H31N3O2/c1-4-19(10-5-6-11-19)14-22-18(20)21-12-9-15-7-8-16(23-2)17(13-15)24-3/h7-8,13H,4-6,9-12,14H2,1-3H3,(H3,20,21,22). The highest BCUT2D eigenvalue weighted by Crippen LogP contribution is 2.41. The Morgan fingerprint density at radius 3 is 2.54 bits per heavy atom. The fourth-order valence-corrected chi connectivity index (χ4v) is 3.43. The lowest BCUT2D eigenvalue weighted by Gasteiger charge is -2.25. The lowest BCUT2D eigenvalue weighted by Crippen LogP contribution is -2.34. The predicted octanol–water partition coefficient (Wildman–Crippen LogP) is 3.12. The second-order valence-electron chi connectivity index (χ2n) is 6.63. The smallest absolute Gasteiger partial charge is 0.188 e. The third-order valence-corrected chi connectivity index (χ3v) is 5.17. The lowest BCUT2D eigenvalue weighted by molar-refractivity contribution is 0.297. The number of guanidine groups is 1. The van der Waals surface area contributed by atoms with E-state index in [0.717, 1.165) is 31.0 Å². The first-order valence-corrected chi connectivity index (χ1v) is 8.87. The molecule has 0 radical (unpaired) electrons. The maximum Gasteiger partial charge on any atom is 0.188 e. The van der Waals surface area contributed by atoms with Crippen LogP contribution in [0.25, 0.3) is 0 Å². The Hall–Kier alpha value is -1.91. The van der Waals surface area contributed by atoms with Crippen LogP contribution in [0, 0.1) is 5.41 Å². The summed E-state index contributed by atoms with van der Waals surface area (Å²) in [6, 6.07) is 5.97. The maximum atomic E-state index is 6.03. The van der Waals surface area contributed by atoms with E-state index in [9.17, 15) is 0 Å². The van der Waals surface area contributed by atoms with Crippen molar-refractivity contribution in [3.05, 3.63) is 23.8 Å². The molecular weight excluding hydrogens is 302 g/mol. The number of ether oxygens (including phenoxy) is 2. The Labute approximate surface area is 145 Å². The first-order valence-electron chi connectivity index (χ1n) is 8.87. The number of aliphatic imine (C=N–C) groups is 1. The molecule has 3 N–H and O–H groups in total. The molecule has 0 heterocycles. The van der Waals surface area contributed by atoms with Crippen LogP contribution in [-0.4, -0.2) is 33.3 Å². The van der Waals surface area contributed by atoms with Crippen molar-refractivity contribution in [3.63, 3.8) is 0 Å². The zero-order chi connectivity index (χ0) is 17.4. The Balaban J connectivity index is 1.81. The Kier molecular flexibility index (Phi) is 6.76. The summed E-state index contributed by atoms with van der Waals surface area (Å²) in [6.07, 6.45) is 7.27. The average molecular weight is 333 g/mol. The van der Waals surface area contributed by atoms with E-state index in [2.05, 4.69) is 17.2 Å². The average Bonchev–Trinajstić information content (AvgIpc) is 3.09. The molecule has 0 bridgehead atoms. The Morgan fingerprint density at radius 2 is 1.92 bits per heavy atom. The van der Waals surface area contributed by atoms with Gasteiger partial charge >= 0.3 is 0 Å². The van der Waals surface area contributed by atoms with Crippen molar-refractivity contribution in [2.75, 3.05) is 27.3 Å². The maximum absolute atomic E-state index is 6.03. The second kappa shape index (κ2) is 8.81. The van der Waals surface area contributed by atoms with Gasteiger partial charge in [-0.1, -0.05) is 25.8 Å². The van der Waals surface area contributed by atoms with Crippen LogP contribution in [0.4, 0.5) is 0 Å². The minimum Gasteiger partial charge on any atom is -0.493 e. The monoisotopic (exact) mass is 333 g/mol. The number of benzene rings is 1. The van der Waals surface area contributed by atoms with Crippen LogP contribution in [0.15, 0.2) is 23.2 Å². The lowest BCUT2D eigenvalue weighted by atomic mass is 9.84. The molecule has 1 aromatic rings. The van der Waals surface area contributed by atoms with Gasteiger partial charge in [0.25, 0.3) is 0 Å². The molecule has 0 saturated heterocycles. The molecule has 0 unspecified atom stereocenters. The Morgan fingerprint density at radius 1 is 1.21 bits per heavy atom. The molecule has 0 atom stereocenters. The summed E-state index contributed by atoms with van der Waals surface area (Å²) in [7, 11) is 3.29. The van der Waals surface area contributed by atoms with E-state index in [1.807, 2.05) is 18.2 Å². The van der Waals surface area contributed by atoms with Crippen LogP contribution in [0.1, 0.15) is 44.6 Å². The number of nitrogens with two attached hydrogens (primary N) is 1. The largest absolute Gasteiger partial charge is 0.493 e. The summed E-state index contributed by atoms with van der Waals surface area (Å²) in [6.45, 7) is 3.87. The van der Waals surface area contributed by atoms with Crippen molar-refractivity contribution in [2.45, 2.75) is 45.4 Å². The molecule has 0 aromatic heterocycles. The van der Waals surface area contributed by atoms with Crippen LogP contribution >= 0.6 is 0 Å². The molecule has 0 amide bonds. The topological polar surface area (TPSA) is 68.9 Å². The highest BCUT2D eigenvalue weighted by molar-refractivity contribution is 5.77. The van der Waals surface area contributed by atoms with E-state index in [1.54, 1.807) is 14.2 Å². The van der Waals surface area contributed by atoms with Gasteiger partial charge in [0.2, 0.25) is 0 Å². The van der Waals surface area contributed by atoms with Crippen LogP contribution in [-0.2, 0) is 6.42 Å². The molecule has 1 aliphatic rings. The van der Waals surface area contributed by atoms with Gasteiger partial charge in [0.15, 0.2) is 17.5 Å². The molecule has 1 fully saturated rings. The van der Waals surface area contributed by atoms with Gasteiger partial charge in [-0.3, -0.25) is 4.99 Å². The van der Waals surface area contributed by atoms with E-state index in [1.165, 1.54) is 37.7 Å². The van der Waals surface area contributed by atoms with Gasteiger partial charge in [0.1, 0.15) is 0 Å². The van der Waals surface area contributed by atoms with Gasteiger partial charge in [-0.25, -0.2) is 0 Å². The minimum absolute atomic E-state index is 0.385. The fraction of sp³-hybridized carbons (Fsp3) is 0.632. The Bertz CT molecular complexity index is 552. The number of nitrogens with zero attached hydrogens (tertiary/aromatic N) is 1. The van der Waals surface area contributed by atoms with E-state index >= 15 is 0 Å². The molecule has 5 nitrogen and oxygen atoms in total. The van der Waals surface area contributed by atoms with Crippen molar-refractivity contribution in [1.29, 1.82) is 0 Å². The minimum atomic E-state index is 0.385. The van der Waals surface area contributed by atoms with E-state index < -0.39 is 0 Å². The molecule has 0 spiro atoms. The zero-order valence-electron chi connectivity index (χ0n) is 15.2. The van der Waals surface area contributed by atoms with Crippen molar-refractivity contribution in [3.8, 4) is 11.5 Å². The molecule has 24 heavy (non-hydrogen) atoms. The van der Waals surface area contributed by atoms with Gasteiger partial charge in [0, 0.05) is 13.1 Å². The van der Waals surface area contributed by atoms with Crippen LogP contribution < -0.4 is 20.5 Å². The van der Waals surface area contributed by atoms with Crippen molar-refractivity contribution < 1.29 is 9.47 Å². The number of hydrogen-bond donors (Lipinski definition) is 2. The van der Waals surface area contributed by atoms with Crippen LogP contribution in [0.3, 0.4) is 0 Å². The molecule has 0 aliphatic heterocycles. The van der Waals surface area contributed by atoms with Gasteiger partial charge in [0.05, 0.1) is 14.2 Å². The van der Waals surface area contributed by atoms with Gasteiger partial charge in [-0.2, -0.15) is 0 Å². The summed E-state index contributed by atoms with van der Waals surface area (Å²) in [4.78, 5) is 4.58. The fourth-order valence-electron chi connectivity index (χ4n) is 3.43. The highest BCUT2D eigenvalue weighted by atomic mass is 16.5. The molecule has 5 heteroatoms. The van der Waals surface area contributed by atoms with Crippen LogP contribution in [0.2, 0.25) is 0 Å². The van der Waals surface area contributed by atoms with Crippen molar-refractivity contribution in [2.24, 2.45) is 16.1 Å². The number of nitrogens with one attached hydrogen (secondary N) is 1. The first-order chi connectivity index (χ1) is 11.6. The summed E-state index contributed by atoms with van der Waals surface area (Å²) in [5.74, 6) is 2.05. The predicted molar refractivity (Wildman–Crippen MR) is 98.9 cm³/mol. The molecular formula is C19H31N3O2. The highest BCUT2D eigenvalue weighted by Gasteiger charge is 2.31. The van der Waals surface area contributed by atoms with E-state index in [4.69, 9.17) is 15.2 Å². The van der Waals surface area contributed by atoms with Gasteiger partial charge in [-0.15, -0.1) is 0 Å². The number of methoxy groups -OCH3 is 2. The second-order valence-corrected chi connectivity index (χ2v) is 6.63. The summed E-state index contributed by atoms with van der Waals surface area (Å²) in [5, 5.41) is 3.22. The van der Waals surface area contributed by atoms with Gasteiger partial charge < -0.3 is 20.5 Å². The third-order valence-electron chi connectivity index (χ3n) is 5.17. The number of rotatable bonds is 8. The quantitative estimate of drug-likeness (QED) is 0.566. The summed E-state index contributed by atoms with van der Waals surface area (Å²) < 4.78 is 10.6. The first kappa shape index (κ1) is 18.4.